The predicted molar refractivity (Wildman–Crippen MR) is 104 cm³/mol. The van der Waals surface area contributed by atoms with Crippen molar-refractivity contribution in [3.63, 3.8) is 0 Å². The quantitative estimate of drug-likeness (QED) is 0.372. The molecule has 0 spiro atoms. The first-order chi connectivity index (χ1) is 14.1. The van der Waals surface area contributed by atoms with Crippen LogP contribution in [-0.4, -0.2) is 30.7 Å². The van der Waals surface area contributed by atoms with E-state index in [1.165, 1.54) is 23.0 Å². The molecule has 1 amide bonds. The highest BCUT2D eigenvalue weighted by molar-refractivity contribution is 5.94. The molecular weight excluding hydrogens is 374 g/mol. The number of hydrogen-bond donors (Lipinski definition) is 1. The standard InChI is InChI=1S/C19H19N7O3/c20-6-5-17(13-3-1-2-4-13)24-10-14(8-22-24)19-16(21-12-27)9-23-25-11-15(26(28)29)7-18(19)25/h7-13,17H,1-5H2,(H,21,27). The van der Waals surface area contributed by atoms with Gasteiger partial charge in [0.05, 0.1) is 47.1 Å². The third-order valence-electron chi connectivity index (χ3n) is 5.52. The van der Waals surface area contributed by atoms with Gasteiger partial charge in [-0.3, -0.25) is 19.6 Å². The van der Waals surface area contributed by atoms with Crippen molar-refractivity contribution in [3.05, 3.63) is 41.0 Å². The number of rotatable bonds is 7. The SMILES string of the molecule is N#CCC(C1CCCC1)n1cc(-c2c(NC=O)cnn3cc([N+](=O)[O-])cc23)cn1. The number of hydrogen-bond acceptors (Lipinski definition) is 6. The molecule has 1 fully saturated rings. The van der Waals surface area contributed by atoms with Gasteiger partial charge in [-0.1, -0.05) is 12.8 Å². The van der Waals surface area contributed by atoms with E-state index in [2.05, 4.69) is 21.6 Å². The number of nitro groups is 1. The van der Waals surface area contributed by atoms with Crippen molar-refractivity contribution >= 4 is 23.3 Å². The van der Waals surface area contributed by atoms with Gasteiger partial charge < -0.3 is 5.32 Å². The van der Waals surface area contributed by atoms with Crippen LogP contribution in [0.5, 0.6) is 0 Å². The Hall–Kier alpha value is -3.74. The third kappa shape index (κ3) is 3.42. The van der Waals surface area contributed by atoms with Crippen LogP contribution in [0, 0.1) is 27.4 Å². The van der Waals surface area contributed by atoms with E-state index < -0.39 is 4.92 Å². The van der Waals surface area contributed by atoms with E-state index in [1.807, 2.05) is 10.9 Å². The van der Waals surface area contributed by atoms with Crippen LogP contribution in [0.3, 0.4) is 0 Å². The summed E-state index contributed by atoms with van der Waals surface area (Å²) in [5, 5.41) is 31.7. The Morgan fingerprint density at radius 1 is 1.34 bits per heavy atom. The Morgan fingerprint density at radius 2 is 2.14 bits per heavy atom. The van der Waals surface area contributed by atoms with Gasteiger partial charge in [0.15, 0.2) is 0 Å². The Kier molecular flexibility index (Phi) is 4.95. The van der Waals surface area contributed by atoms with Crippen LogP contribution in [0.4, 0.5) is 11.4 Å². The second-order valence-electron chi connectivity index (χ2n) is 7.16. The molecule has 1 unspecified atom stereocenters. The average Bonchev–Trinajstić information content (AvgIpc) is 3.46. The normalized spacial score (nSPS) is 15.3. The van der Waals surface area contributed by atoms with Crippen molar-refractivity contribution in [2.24, 2.45) is 5.92 Å². The van der Waals surface area contributed by atoms with Crippen LogP contribution >= 0.6 is 0 Å². The fourth-order valence-corrected chi connectivity index (χ4v) is 4.18. The lowest BCUT2D eigenvalue weighted by Gasteiger charge is -2.21. The van der Waals surface area contributed by atoms with E-state index in [1.54, 1.807) is 6.20 Å². The maximum Gasteiger partial charge on any atom is 0.289 e. The summed E-state index contributed by atoms with van der Waals surface area (Å²) in [5.41, 5.74) is 2.10. The Bertz CT molecular complexity index is 1100. The summed E-state index contributed by atoms with van der Waals surface area (Å²) >= 11 is 0. The van der Waals surface area contributed by atoms with Crippen LogP contribution in [0.1, 0.15) is 38.1 Å². The van der Waals surface area contributed by atoms with Gasteiger partial charge in [-0.05, 0) is 18.8 Å². The topological polar surface area (TPSA) is 131 Å². The van der Waals surface area contributed by atoms with Gasteiger partial charge in [0.2, 0.25) is 6.41 Å². The molecule has 0 aromatic carbocycles. The fraction of sp³-hybridized carbons (Fsp3) is 0.368. The molecule has 3 aromatic heterocycles. The first-order valence-electron chi connectivity index (χ1n) is 9.40. The van der Waals surface area contributed by atoms with Crippen molar-refractivity contribution in [2.75, 3.05) is 5.32 Å². The highest BCUT2D eigenvalue weighted by Crippen LogP contribution is 2.38. The van der Waals surface area contributed by atoms with E-state index >= 15 is 0 Å². The summed E-state index contributed by atoms with van der Waals surface area (Å²) in [6, 6.07) is 3.66. The predicted octanol–water partition coefficient (Wildman–Crippen LogP) is 3.32. The second-order valence-corrected chi connectivity index (χ2v) is 7.16. The Labute approximate surface area is 165 Å². The second kappa shape index (κ2) is 7.71. The maximum absolute atomic E-state index is 11.2. The van der Waals surface area contributed by atoms with Gasteiger partial charge in [0.25, 0.3) is 5.69 Å². The zero-order valence-electron chi connectivity index (χ0n) is 15.6. The van der Waals surface area contributed by atoms with E-state index in [9.17, 15) is 20.2 Å². The molecule has 1 aliphatic carbocycles. The summed E-state index contributed by atoms with van der Waals surface area (Å²) in [6.07, 6.45) is 11.6. The molecule has 0 saturated heterocycles. The molecule has 29 heavy (non-hydrogen) atoms. The Morgan fingerprint density at radius 3 is 2.83 bits per heavy atom. The number of nitrogens with zero attached hydrogens (tertiary/aromatic N) is 6. The molecule has 3 aromatic rings. The smallest absolute Gasteiger partial charge is 0.289 e. The summed E-state index contributed by atoms with van der Waals surface area (Å²) in [5.74, 6) is 0.404. The number of carbonyl (C=O) groups excluding carboxylic acids is 1. The van der Waals surface area contributed by atoms with Gasteiger partial charge in [0.1, 0.15) is 6.20 Å². The molecule has 4 rings (SSSR count). The largest absolute Gasteiger partial charge is 0.327 e. The molecule has 148 valence electrons. The van der Waals surface area contributed by atoms with Crippen molar-refractivity contribution in [2.45, 2.75) is 38.1 Å². The van der Waals surface area contributed by atoms with Crippen molar-refractivity contribution in [1.29, 1.82) is 5.26 Å². The summed E-state index contributed by atoms with van der Waals surface area (Å²) in [4.78, 5) is 21.8. The van der Waals surface area contributed by atoms with E-state index in [0.717, 1.165) is 25.7 Å². The van der Waals surface area contributed by atoms with E-state index in [-0.39, 0.29) is 11.7 Å². The molecule has 10 nitrogen and oxygen atoms in total. The molecule has 0 aliphatic heterocycles. The maximum atomic E-state index is 11.2. The van der Waals surface area contributed by atoms with Crippen molar-refractivity contribution < 1.29 is 9.72 Å². The lowest BCUT2D eigenvalue weighted by Crippen LogP contribution is -2.17. The number of nitriles is 1. The van der Waals surface area contributed by atoms with Gasteiger partial charge >= 0.3 is 0 Å². The minimum atomic E-state index is -0.488. The lowest BCUT2D eigenvalue weighted by atomic mass is 9.96. The Balaban J connectivity index is 1.81. The molecule has 1 saturated carbocycles. The molecule has 1 atom stereocenters. The number of anilines is 1. The number of fused-ring (bicyclic) bond motifs is 1. The molecule has 3 heterocycles. The number of nitrogens with one attached hydrogen (secondary N) is 1. The average molecular weight is 393 g/mol. The van der Waals surface area contributed by atoms with Crippen molar-refractivity contribution in [1.82, 2.24) is 19.4 Å². The number of amides is 1. The highest BCUT2D eigenvalue weighted by Gasteiger charge is 2.27. The molecule has 10 heteroatoms. The summed E-state index contributed by atoms with van der Waals surface area (Å²) in [6.45, 7) is 0. The first kappa shape index (κ1) is 18.6. The van der Waals surface area contributed by atoms with Crippen LogP contribution < -0.4 is 5.32 Å². The highest BCUT2D eigenvalue weighted by atomic mass is 16.6. The third-order valence-corrected chi connectivity index (χ3v) is 5.52. The van der Waals surface area contributed by atoms with Crippen molar-refractivity contribution in [3.8, 4) is 17.2 Å². The van der Waals surface area contributed by atoms with Crippen LogP contribution in [0.25, 0.3) is 16.6 Å². The van der Waals surface area contributed by atoms with E-state index in [4.69, 9.17) is 0 Å². The van der Waals surface area contributed by atoms with Gasteiger partial charge in [-0.2, -0.15) is 15.5 Å². The first-order valence-corrected chi connectivity index (χ1v) is 9.40. The van der Waals surface area contributed by atoms with Gasteiger partial charge in [-0.25, -0.2) is 4.52 Å². The lowest BCUT2D eigenvalue weighted by molar-refractivity contribution is -0.384. The number of carbonyl (C=O) groups is 1. The van der Waals surface area contributed by atoms with Gasteiger partial charge in [-0.15, -0.1) is 0 Å². The molecule has 1 N–H and O–H groups in total. The van der Waals surface area contributed by atoms with Crippen LogP contribution in [-0.2, 0) is 4.79 Å². The zero-order valence-corrected chi connectivity index (χ0v) is 15.6. The number of aromatic nitrogens is 4. The molecule has 0 radical (unpaired) electrons. The monoisotopic (exact) mass is 393 g/mol. The van der Waals surface area contributed by atoms with Crippen LogP contribution in [0.2, 0.25) is 0 Å². The molecular formula is C19H19N7O3. The van der Waals surface area contributed by atoms with Crippen LogP contribution in [0.15, 0.2) is 30.9 Å². The summed E-state index contributed by atoms with van der Waals surface area (Å²) in [7, 11) is 0. The minimum Gasteiger partial charge on any atom is -0.327 e. The van der Waals surface area contributed by atoms with Gasteiger partial charge in [0, 0.05) is 23.4 Å². The fourth-order valence-electron chi connectivity index (χ4n) is 4.18. The van der Waals surface area contributed by atoms with E-state index in [0.29, 0.717) is 41.1 Å². The minimum absolute atomic E-state index is 0.0160. The zero-order chi connectivity index (χ0) is 20.4. The molecule has 1 aliphatic rings. The molecule has 0 bridgehead atoms. The summed E-state index contributed by atoms with van der Waals surface area (Å²) < 4.78 is 3.22.